The molecule has 5 aromatic carbocycles. The fourth-order valence-electron chi connectivity index (χ4n) is 4.45. The summed E-state index contributed by atoms with van der Waals surface area (Å²) in [5, 5.41) is 13.0. The van der Waals surface area contributed by atoms with E-state index in [4.69, 9.17) is 0 Å². The Morgan fingerprint density at radius 2 is 1.17 bits per heavy atom. The van der Waals surface area contributed by atoms with Crippen LogP contribution in [-0.2, 0) is 0 Å². The molecule has 0 aliphatic rings. The molecule has 0 aromatic heterocycles. The second kappa shape index (κ2) is 7.00. The molecule has 0 aliphatic carbocycles. The van der Waals surface area contributed by atoms with Crippen LogP contribution in [0.5, 0.6) is 0 Å². The molecule has 0 spiro atoms. The molecular formula is C28H27NSi. The highest BCUT2D eigenvalue weighted by Gasteiger charge is 2.16. The number of aryl methyl sites for hydroxylation is 1. The van der Waals surface area contributed by atoms with Gasteiger partial charge in [0.1, 0.15) is 0 Å². The quantitative estimate of drug-likeness (QED) is 0.239. The molecule has 0 saturated heterocycles. The van der Waals surface area contributed by atoms with Crippen LogP contribution in [0.1, 0.15) is 5.56 Å². The van der Waals surface area contributed by atoms with E-state index in [0.717, 1.165) is 11.4 Å². The van der Waals surface area contributed by atoms with Gasteiger partial charge in [0.05, 0.1) is 8.07 Å². The van der Waals surface area contributed by atoms with Crippen molar-refractivity contribution in [1.82, 2.24) is 0 Å². The van der Waals surface area contributed by atoms with E-state index in [1.54, 1.807) is 0 Å². The van der Waals surface area contributed by atoms with Gasteiger partial charge >= 0.3 is 0 Å². The van der Waals surface area contributed by atoms with Gasteiger partial charge in [-0.05, 0) is 57.6 Å². The predicted octanol–water partition coefficient (Wildman–Crippen LogP) is 7.74. The number of nitrogens with one attached hydrogen (secondary N) is 1. The first-order chi connectivity index (χ1) is 14.4. The highest BCUT2D eigenvalue weighted by Crippen LogP contribution is 2.36. The molecule has 0 fully saturated rings. The van der Waals surface area contributed by atoms with E-state index < -0.39 is 8.07 Å². The minimum Gasteiger partial charge on any atom is -0.355 e. The largest absolute Gasteiger partial charge is 0.355 e. The second-order valence-corrected chi connectivity index (χ2v) is 14.3. The summed E-state index contributed by atoms with van der Waals surface area (Å²) in [6, 6.07) is 31.2. The van der Waals surface area contributed by atoms with Crippen molar-refractivity contribution in [1.29, 1.82) is 0 Å². The number of anilines is 2. The Bertz CT molecular complexity index is 1390. The number of hydrogen-bond acceptors (Lipinski definition) is 1. The maximum Gasteiger partial charge on any atom is 0.0775 e. The van der Waals surface area contributed by atoms with E-state index in [1.807, 2.05) is 0 Å². The Morgan fingerprint density at radius 3 is 1.90 bits per heavy atom. The van der Waals surface area contributed by atoms with Gasteiger partial charge in [0, 0.05) is 16.8 Å². The summed E-state index contributed by atoms with van der Waals surface area (Å²) in [6.45, 7) is 9.37. The lowest BCUT2D eigenvalue weighted by atomic mass is 9.94. The molecule has 0 bridgehead atoms. The van der Waals surface area contributed by atoms with Crippen molar-refractivity contribution in [3.05, 3.63) is 90.5 Å². The predicted molar refractivity (Wildman–Crippen MR) is 136 cm³/mol. The van der Waals surface area contributed by atoms with Crippen molar-refractivity contribution >= 4 is 57.0 Å². The van der Waals surface area contributed by atoms with Gasteiger partial charge in [-0.2, -0.15) is 0 Å². The average Bonchev–Trinajstić information content (AvgIpc) is 2.74. The molecule has 30 heavy (non-hydrogen) atoms. The number of rotatable bonds is 3. The van der Waals surface area contributed by atoms with E-state index in [-0.39, 0.29) is 0 Å². The van der Waals surface area contributed by atoms with Gasteiger partial charge in [0.2, 0.25) is 0 Å². The van der Waals surface area contributed by atoms with Gasteiger partial charge in [0.15, 0.2) is 0 Å². The van der Waals surface area contributed by atoms with Gasteiger partial charge in [-0.15, -0.1) is 0 Å². The van der Waals surface area contributed by atoms with E-state index in [2.05, 4.69) is 117 Å². The molecule has 5 rings (SSSR count). The summed E-state index contributed by atoms with van der Waals surface area (Å²) in [5.41, 5.74) is 3.62. The van der Waals surface area contributed by atoms with Crippen molar-refractivity contribution in [3.63, 3.8) is 0 Å². The summed E-state index contributed by atoms with van der Waals surface area (Å²) >= 11 is 0. The fraction of sp³-hybridized carbons (Fsp3) is 0.143. The fourth-order valence-corrected chi connectivity index (χ4v) is 5.61. The Labute approximate surface area is 179 Å². The lowest BCUT2D eigenvalue weighted by Crippen LogP contribution is -2.37. The van der Waals surface area contributed by atoms with E-state index in [9.17, 15) is 0 Å². The van der Waals surface area contributed by atoms with Crippen LogP contribution in [0, 0.1) is 6.92 Å². The first kappa shape index (κ1) is 18.9. The topological polar surface area (TPSA) is 12.0 Å². The molecule has 2 heteroatoms. The third-order valence-corrected chi connectivity index (χ3v) is 8.20. The van der Waals surface area contributed by atoms with Gasteiger partial charge in [-0.25, -0.2) is 0 Å². The van der Waals surface area contributed by atoms with Crippen LogP contribution < -0.4 is 10.5 Å². The SMILES string of the molecule is Cc1cc2c3cccc(Nc4ccc([Si](C)(C)C)cc4)c3ccc2c2ccccc12. The van der Waals surface area contributed by atoms with Gasteiger partial charge in [-0.3, -0.25) is 0 Å². The Morgan fingerprint density at radius 1 is 0.567 bits per heavy atom. The first-order valence-electron chi connectivity index (χ1n) is 10.6. The Balaban J connectivity index is 1.64. The number of fused-ring (bicyclic) bond motifs is 5. The number of hydrogen-bond donors (Lipinski definition) is 1. The minimum absolute atomic E-state index is 1.14. The van der Waals surface area contributed by atoms with Crippen molar-refractivity contribution in [3.8, 4) is 0 Å². The van der Waals surface area contributed by atoms with Gasteiger partial charge in [-0.1, -0.05) is 91.6 Å². The summed E-state index contributed by atoms with van der Waals surface area (Å²) in [5.74, 6) is 0. The molecular weight excluding hydrogens is 378 g/mol. The Kier molecular flexibility index (Phi) is 4.41. The molecule has 0 amide bonds. The van der Waals surface area contributed by atoms with Crippen LogP contribution in [0.25, 0.3) is 32.3 Å². The second-order valence-electron chi connectivity index (χ2n) is 9.25. The Hall–Kier alpha value is -3.10. The summed E-state index contributed by atoms with van der Waals surface area (Å²) in [7, 11) is -1.28. The van der Waals surface area contributed by atoms with Gasteiger partial charge in [0.25, 0.3) is 0 Å². The van der Waals surface area contributed by atoms with Crippen LogP contribution in [0.4, 0.5) is 11.4 Å². The van der Waals surface area contributed by atoms with Crippen molar-refractivity contribution < 1.29 is 0 Å². The van der Waals surface area contributed by atoms with Crippen molar-refractivity contribution in [2.75, 3.05) is 5.32 Å². The summed E-state index contributed by atoms with van der Waals surface area (Å²) in [6.07, 6.45) is 0. The summed E-state index contributed by atoms with van der Waals surface area (Å²) in [4.78, 5) is 0. The minimum atomic E-state index is -1.28. The normalized spacial score (nSPS) is 12.0. The molecule has 0 radical (unpaired) electrons. The zero-order valence-corrected chi connectivity index (χ0v) is 19.1. The van der Waals surface area contributed by atoms with Crippen molar-refractivity contribution in [2.24, 2.45) is 0 Å². The average molecular weight is 406 g/mol. The third kappa shape index (κ3) is 3.18. The van der Waals surface area contributed by atoms with Crippen LogP contribution in [0.2, 0.25) is 19.6 Å². The lowest BCUT2D eigenvalue weighted by Gasteiger charge is -2.18. The van der Waals surface area contributed by atoms with Crippen LogP contribution in [0.15, 0.2) is 84.9 Å². The molecule has 0 unspecified atom stereocenters. The maximum atomic E-state index is 3.66. The third-order valence-electron chi connectivity index (χ3n) is 6.14. The van der Waals surface area contributed by atoms with Crippen LogP contribution >= 0.6 is 0 Å². The maximum absolute atomic E-state index is 3.66. The number of benzene rings is 5. The standard InChI is InChI=1S/C28H27NSi/c1-19-18-27-24-10-7-11-28(29-20-12-14-21(15-13-20)30(2,3)4)26(24)17-16-25(27)23-9-6-5-8-22(19)23/h5-18,29H,1-4H3. The van der Waals surface area contributed by atoms with E-state index in [1.165, 1.54) is 43.1 Å². The lowest BCUT2D eigenvalue weighted by molar-refractivity contribution is 1.56. The molecule has 5 aromatic rings. The van der Waals surface area contributed by atoms with Gasteiger partial charge < -0.3 is 5.32 Å². The molecule has 0 atom stereocenters. The molecule has 0 saturated carbocycles. The summed E-state index contributed by atoms with van der Waals surface area (Å²) < 4.78 is 0. The van der Waals surface area contributed by atoms with Crippen LogP contribution in [0.3, 0.4) is 0 Å². The monoisotopic (exact) mass is 405 g/mol. The molecule has 1 N–H and O–H groups in total. The zero-order chi connectivity index (χ0) is 20.9. The van der Waals surface area contributed by atoms with E-state index >= 15 is 0 Å². The zero-order valence-electron chi connectivity index (χ0n) is 18.1. The van der Waals surface area contributed by atoms with Crippen molar-refractivity contribution in [2.45, 2.75) is 26.6 Å². The smallest absolute Gasteiger partial charge is 0.0775 e. The molecule has 148 valence electrons. The van der Waals surface area contributed by atoms with Crippen LogP contribution in [-0.4, -0.2) is 8.07 Å². The highest BCUT2D eigenvalue weighted by atomic mass is 28.3. The molecule has 0 aliphatic heterocycles. The molecule has 1 nitrogen and oxygen atoms in total. The first-order valence-corrected chi connectivity index (χ1v) is 14.1. The highest BCUT2D eigenvalue weighted by molar-refractivity contribution is 6.88. The molecule has 0 heterocycles. The van der Waals surface area contributed by atoms with E-state index in [0.29, 0.717) is 0 Å².